The summed E-state index contributed by atoms with van der Waals surface area (Å²) in [5, 5.41) is 5.49. The summed E-state index contributed by atoms with van der Waals surface area (Å²) in [4.78, 5) is 14.2. The molecule has 0 spiro atoms. The number of amides is 1. The zero-order valence-corrected chi connectivity index (χ0v) is 13.8. The lowest BCUT2D eigenvalue weighted by atomic mass is 10.1. The van der Waals surface area contributed by atoms with Crippen LogP contribution in [-0.2, 0) is 21.2 Å². The van der Waals surface area contributed by atoms with Gasteiger partial charge in [-0.1, -0.05) is 18.2 Å². The normalized spacial score (nSPS) is 19.2. The number of rotatable bonds is 3. The smallest absolute Gasteiger partial charge is 0.227 e. The highest BCUT2D eigenvalue weighted by Crippen LogP contribution is 2.26. The van der Waals surface area contributed by atoms with Crippen LogP contribution < -0.4 is 5.14 Å². The van der Waals surface area contributed by atoms with Crippen LogP contribution in [0.25, 0.3) is 11.0 Å². The molecule has 124 valence electrons. The molecule has 23 heavy (non-hydrogen) atoms. The first-order chi connectivity index (χ1) is 10.9. The molecule has 1 amide bonds. The first-order valence-corrected chi connectivity index (χ1v) is 9.23. The van der Waals surface area contributed by atoms with Crippen molar-refractivity contribution in [3.63, 3.8) is 0 Å². The third kappa shape index (κ3) is 3.25. The van der Waals surface area contributed by atoms with Crippen LogP contribution >= 0.6 is 0 Å². The molecule has 7 heteroatoms. The zero-order chi connectivity index (χ0) is 16.6. The van der Waals surface area contributed by atoms with Crippen molar-refractivity contribution in [2.45, 2.75) is 31.4 Å². The topological polar surface area (TPSA) is 93.6 Å². The summed E-state index contributed by atoms with van der Waals surface area (Å²) in [6.45, 7) is 2.58. The van der Waals surface area contributed by atoms with Crippen LogP contribution in [0, 0.1) is 6.92 Å². The average Bonchev–Trinajstić information content (AvgIpc) is 2.83. The van der Waals surface area contributed by atoms with Crippen molar-refractivity contribution < 1.29 is 17.6 Å². The Labute approximate surface area is 135 Å². The zero-order valence-electron chi connectivity index (χ0n) is 13.0. The number of carbonyl (C=O) groups is 1. The third-order valence-corrected chi connectivity index (χ3v) is 5.74. The molecule has 1 saturated heterocycles. The summed E-state index contributed by atoms with van der Waals surface area (Å²) < 4.78 is 28.7. The molecule has 2 N–H and O–H groups in total. The number of nitrogens with zero attached hydrogens (tertiary/aromatic N) is 1. The summed E-state index contributed by atoms with van der Waals surface area (Å²) in [5.74, 6) is 0.632. The van der Waals surface area contributed by atoms with E-state index in [4.69, 9.17) is 9.56 Å². The minimum Gasteiger partial charge on any atom is -0.461 e. The summed E-state index contributed by atoms with van der Waals surface area (Å²) in [5.41, 5.74) is 1.62. The Bertz CT molecular complexity index is 841. The van der Waals surface area contributed by atoms with E-state index in [2.05, 4.69) is 0 Å². The van der Waals surface area contributed by atoms with Crippen molar-refractivity contribution in [3.8, 4) is 0 Å². The highest BCUT2D eigenvalue weighted by atomic mass is 32.2. The van der Waals surface area contributed by atoms with Crippen LogP contribution in [0.4, 0.5) is 0 Å². The van der Waals surface area contributed by atoms with Crippen LogP contribution in [0.15, 0.2) is 28.7 Å². The van der Waals surface area contributed by atoms with Crippen molar-refractivity contribution in [2.24, 2.45) is 5.14 Å². The van der Waals surface area contributed by atoms with Gasteiger partial charge in [0.05, 0.1) is 11.7 Å². The number of benzene rings is 1. The molecular formula is C16H20N2O4S. The Morgan fingerprint density at radius 1 is 1.39 bits per heavy atom. The predicted octanol–water partition coefficient (Wildman–Crippen LogP) is 1.56. The molecule has 0 aliphatic carbocycles. The predicted molar refractivity (Wildman–Crippen MR) is 87.4 cm³/mol. The molecule has 0 radical (unpaired) electrons. The highest BCUT2D eigenvalue weighted by Gasteiger charge is 2.30. The highest BCUT2D eigenvalue weighted by molar-refractivity contribution is 7.89. The number of hydrogen-bond donors (Lipinski definition) is 1. The number of likely N-dealkylation sites (tertiary alicyclic amines) is 1. The molecule has 6 nitrogen and oxygen atoms in total. The Morgan fingerprint density at radius 3 is 2.87 bits per heavy atom. The van der Waals surface area contributed by atoms with E-state index in [1.807, 2.05) is 31.2 Å². The molecule has 1 aromatic heterocycles. The summed E-state index contributed by atoms with van der Waals surface area (Å²) in [6, 6.07) is 7.59. The van der Waals surface area contributed by atoms with Gasteiger partial charge in [0.1, 0.15) is 11.3 Å². The quantitative estimate of drug-likeness (QED) is 0.920. The lowest BCUT2D eigenvalue weighted by Crippen LogP contribution is -2.47. The van der Waals surface area contributed by atoms with E-state index in [0.717, 1.165) is 22.3 Å². The Morgan fingerprint density at radius 2 is 2.13 bits per heavy atom. The van der Waals surface area contributed by atoms with Crippen molar-refractivity contribution >= 4 is 26.9 Å². The van der Waals surface area contributed by atoms with E-state index in [9.17, 15) is 13.2 Å². The number of para-hydroxylation sites is 1. The first-order valence-electron chi connectivity index (χ1n) is 7.62. The minimum atomic E-state index is -3.61. The number of piperidine rings is 1. The monoisotopic (exact) mass is 336 g/mol. The maximum absolute atomic E-state index is 12.6. The number of carbonyl (C=O) groups excluding carboxylic acids is 1. The van der Waals surface area contributed by atoms with Crippen molar-refractivity contribution in [2.75, 3.05) is 13.1 Å². The number of furan rings is 1. The van der Waals surface area contributed by atoms with Gasteiger partial charge >= 0.3 is 0 Å². The summed E-state index contributed by atoms with van der Waals surface area (Å²) in [7, 11) is -3.61. The molecular weight excluding hydrogens is 316 g/mol. The molecule has 0 bridgehead atoms. The summed E-state index contributed by atoms with van der Waals surface area (Å²) >= 11 is 0. The van der Waals surface area contributed by atoms with Gasteiger partial charge in [0.2, 0.25) is 15.9 Å². The number of nitrogens with two attached hydrogens (primary N) is 1. The maximum Gasteiger partial charge on any atom is 0.227 e. The molecule has 1 aliphatic heterocycles. The van der Waals surface area contributed by atoms with E-state index in [0.29, 0.717) is 19.4 Å². The fraction of sp³-hybridized carbons (Fsp3) is 0.438. The third-order valence-electron chi connectivity index (χ3n) is 4.42. The lowest BCUT2D eigenvalue weighted by Gasteiger charge is -2.31. The van der Waals surface area contributed by atoms with Gasteiger partial charge in [0.15, 0.2) is 0 Å². The number of fused-ring (bicyclic) bond motifs is 1. The van der Waals surface area contributed by atoms with E-state index in [1.165, 1.54) is 0 Å². The molecule has 0 saturated carbocycles. The standard InChI is InChI=1S/C16H20N2O4S/c1-11-14(13-6-2-3-7-15(13)22-11)9-16(19)18-8-4-5-12(10-18)23(17,20)21/h2-3,6-7,12H,4-5,8-10H2,1H3,(H2,17,20,21). The Hall–Kier alpha value is -1.86. The molecule has 2 heterocycles. The van der Waals surface area contributed by atoms with Crippen molar-refractivity contribution in [3.05, 3.63) is 35.6 Å². The van der Waals surface area contributed by atoms with Gasteiger partial charge in [-0.3, -0.25) is 4.79 Å². The second-order valence-corrected chi connectivity index (χ2v) is 7.85. The SMILES string of the molecule is Cc1oc2ccccc2c1CC(=O)N1CCCC(S(N)(=O)=O)C1. The van der Waals surface area contributed by atoms with E-state index in [1.54, 1.807) is 4.90 Å². The Kier molecular flexibility index (Phi) is 4.16. The number of hydrogen-bond acceptors (Lipinski definition) is 4. The molecule has 3 rings (SSSR count). The van der Waals surface area contributed by atoms with Crippen molar-refractivity contribution in [1.29, 1.82) is 0 Å². The lowest BCUT2D eigenvalue weighted by molar-refractivity contribution is -0.131. The Balaban J connectivity index is 1.79. The van der Waals surface area contributed by atoms with Crippen LogP contribution in [-0.4, -0.2) is 37.6 Å². The fourth-order valence-corrected chi connectivity index (χ4v) is 4.02. The van der Waals surface area contributed by atoms with Crippen LogP contribution in [0.5, 0.6) is 0 Å². The molecule has 1 aromatic carbocycles. The molecule has 1 unspecified atom stereocenters. The van der Waals surface area contributed by atoms with Gasteiger partial charge < -0.3 is 9.32 Å². The van der Waals surface area contributed by atoms with Crippen LogP contribution in [0.2, 0.25) is 0 Å². The van der Waals surface area contributed by atoms with Crippen LogP contribution in [0.3, 0.4) is 0 Å². The maximum atomic E-state index is 12.6. The number of sulfonamides is 1. The first kappa shape index (κ1) is 16.0. The van der Waals surface area contributed by atoms with Gasteiger partial charge in [-0.05, 0) is 25.8 Å². The minimum absolute atomic E-state index is 0.0898. The van der Waals surface area contributed by atoms with E-state index < -0.39 is 15.3 Å². The fourth-order valence-electron chi connectivity index (χ4n) is 3.14. The van der Waals surface area contributed by atoms with Gasteiger partial charge in [-0.2, -0.15) is 0 Å². The van der Waals surface area contributed by atoms with Crippen molar-refractivity contribution in [1.82, 2.24) is 4.90 Å². The van der Waals surface area contributed by atoms with E-state index >= 15 is 0 Å². The second kappa shape index (κ2) is 5.98. The average molecular weight is 336 g/mol. The van der Waals surface area contributed by atoms with Gasteiger partial charge in [-0.25, -0.2) is 13.6 Å². The van der Waals surface area contributed by atoms with E-state index in [-0.39, 0.29) is 18.9 Å². The number of aryl methyl sites for hydroxylation is 1. The number of primary sulfonamides is 1. The molecule has 1 aliphatic rings. The van der Waals surface area contributed by atoms with Gasteiger partial charge in [-0.15, -0.1) is 0 Å². The largest absolute Gasteiger partial charge is 0.461 e. The molecule has 1 fully saturated rings. The van der Waals surface area contributed by atoms with Gasteiger partial charge in [0, 0.05) is 24.0 Å². The van der Waals surface area contributed by atoms with Crippen LogP contribution in [0.1, 0.15) is 24.2 Å². The summed E-state index contributed by atoms with van der Waals surface area (Å²) in [6.07, 6.45) is 1.37. The second-order valence-electron chi connectivity index (χ2n) is 6.00. The molecule has 2 aromatic rings. The molecule has 1 atom stereocenters. The van der Waals surface area contributed by atoms with Gasteiger partial charge in [0.25, 0.3) is 0 Å².